The molecule has 1 saturated heterocycles. The summed E-state index contributed by atoms with van der Waals surface area (Å²) in [6.45, 7) is 2.36. The third kappa shape index (κ3) is 4.18. The number of rotatable bonds is 5. The summed E-state index contributed by atoms with van der Waals surface area (Å²) in [7, 11) is 0. The molecule has 1 aliphatic heterocycles. The topological polar surface area (TPSA) is 88.5 Å². The maximum Gasteiger partial charge on any atom is 0.299 e. The van der Waals surface area contributed by atoms with Gasteiger partial charge in [0.15, 0.2) is 0 Å². The van der Waals surface area contributed by atoms with E-state index in [2.05, 4.69) is 46.4 Å². The van der Waals surface area contributed by atoms with Gasteiger partial charge in [0.1, 0.15) is 17.2 Å². The molecule has 0 bridgehead atoms. The molecule has 170 valence electrons. The summed E-state index contributed by atoms with van der Waals surface area (Å²) in [5, 5.41) is 3.40. The summed E-state index contributed by atoms with van der Waals surface area (Å²) in [6, 6.07) is 18.2. The lowest BCUT2D eigenvalue weighted by atomic mass is 10.1. The standard InChI is InChI=1S/C27H26N6O/c1-2-7-24(34)32-16-6-10-23(32)27-31-22(25-26(28)29-15-17-33(25)27)18-19-11-13-21(14-12-19)30-20-8-4-3-5-9-20/h3-5,8-9,11-15,17,23,30H,6,10,16,18H2,1H3,(H2,28,29)/t23-/m0/s1. The normalized spacial score (nSPS) is 15.2. The number of amides is 1. The first-order valence-electron chi connectivity index (χ1n) is 11.4. The zero-order valence-corrected chi connectivity index (χ0v) is 19.0. The van der Waals surface area contributed by atoms with Gasteiger partial charge in [0.05, 0.1) is 11.7 Å². The molecule has 3 heterocycles. The summed E-state index contributed by atoms with van der Waals surface area (Å²) in [5.41, 5.74) is 11.1. The average Bonchev–Trinajstić information content (AvgIpc) is 3.47. The summed E-state index contributed by atoms with van der Waals surface area (Å²) in [6.07, 6.45) is 5.92. The quantitative estimate of drug-likeness (QED) is 0.442. The number of fused-ring (bicyclic) bond motifs is 1. The predicted molar refractivity (Wildman–Crippen MR) is 134 cm³/mol. The molecule has 7 heteroatoms. The number of imidazole rings is 1. The van der Waals surface area contributed by atoms with Gasteiger partial charge in [-0.15, -0.1) is 0 Å². The number of nitrogen functional groups attached to an aromatic ring is 1. The lowest BCUT2D eigenvalue weighted by Gasteiger charge is -2.21. The van der Waals surface area contributed by atoms with Crippen LogP contribution in [-0.2, 0) is 11.2 Å². The van der Waals surface area contributed by atoms with Crippen LogP contribution in [0.25, 0.3) is 5.52 Å². The fourth-order valence-electron chi connectivity index (χ4n) is 4.56. The number of para-hydroxylation sites is 1. The van der Waals surface area contributed by atoms with Crippen molar-refractivity contribution in [3.63, 3.8) is 0 Å². The molecular weight excluding hydrogens is 424 g/mol. The largest absolute Gasteiger partial charge is 0.382 e. The Morgan fingerprint density at radius 1 is 1.15 bits per heavy atom. The van der Waals surface area contributed by atoms with Crippen molar-refractivity contribution in [1.29, 1.82) is 0 Å². The van der Waals surface area contributed by atoms with E-state index in [1.807, 2.05) is 45.8 Å². The van der Waals surface area contributed by atoms with Crippen LogP contribution >= 0.6 is 0 Å². The molecule has 0 spiro atoms. The van der Waals surface area contributed by atoms with Gasteiger partial charge in [-0.05, 0) is 55.5 Å². The number of aromatic nitrogens is 3. The highest BCUT2D eigenvalue weighted by atomic mass is 16.2. The second-order valence-corrected chi connectivity index (χ2v) is 8.34. The van der Waals surface area contributed by atoms with Gasteiger partial charge in [-0.1, -0.05) is 36.3 Å². The SMILES string of the molecule is CC#CC(=O)N1CCC[C@H]1c1nc(Cc2ccc(Nc3ccccc3)cc2)c2c(N)nccn12. The molecule has 2 aromatic heterocycles. The van der Waals surface area contributed by atoms with Gasteiger partial charge in [0.25, 0.3) is 5.91 Å². The molecule has 2 aromatic carbocycles. The zero-order chi connectivity index (χ0) is 23.5. The van der Waals surface area contributed by atoms with Gasteiger partial charge in [-0.3, -0.25) is 9.20 Å². The molecular formula is C27H26N6O. The number of anilines is 3. The zero-order valence-electron chi connectivity index (χ0n) is 19.0. The Kier molecular flexibility index (Phi) is 5.88. The van der Waals surface area contributed by atoms with E-state index in [1.165, 1.54) is 0 Å². The molecule has 4 aromatic rings. The summed E-state index contributed by atoms with van der Waals surface area (Å²) < 4.78 is 1.98. The lowest BCUT2D eigenvalue weighted by Crippen LogP contribution is -2.30. The van der Waals surface area contributed by atoms with E-state index in [-0.39, 0.29) is 11.9 Å². The third-order valence-corrected chi connectivity index (χ3v) is 6.11. The molecule has 1 atom stereocenters. The highest BCUT2D eigenvalue weighted by molar-refractivity contribution is 5.94. The van der Waals surface area contributed by atoms with Crippen LogP contribution < -0.4 is 11.1 Å². The van der Waals surface area contributed by atoms with Crippen molar-refractivity contribution < 1.29 is 4.79 Å². The number of nitrogens with zero attached hydrogens (tertiary/aromatic N) is 4. The molecule has 0 unspecified atom stereocenters. The number of nitrogens with two attached hydrogens (primary N) is 1. The van der Waals surface area contributed by atoms with Gasteiger partial charge in [0, 0.05) is 36.7 Å². The molecule has 0 radical (unpaired) electrons. The van der Waals surface area contributed by atoms with Gasteiger partial charge in [0.2, 0.25) is 0 Å². The van der Waals surface area contributed by atoms with Crippen LogP contribution in [0.2, 0.25) is 0 Å². The van der Waals surface area contributed by atoms with Crippen LogP contribution in [0.15, 0.2) is 67.0 Å². The van der Waals surface area contributed by atoms with Gasteiger partial charge >= 0.3 is 0 Å². The summed E-state index contributed by atoms with van der Waals surface area (Å²) in [5.74, 6) is 6.47. The highest BCUT2D eigenvalue weighted by Gasteiger charge is 2.33. The molecule has 1 fully saturated rings. The predicted octanol–water partition coefficient (Wildman–Crippen LogP) is 4.33. The van der Waals surface area contributed by atoms with Crippen molar-refractivity contribution in [2.75, 3.05) is 17.6 Å². The molecule has 1 aliphatic rings. The van der Waals surface area contributed by atoms with Crippen LogP contribution in [0.1, 0.15) is 42.9 Å². The molecule has 3 N–H and O–H groups in total. The number of carbonyl (C=O) groups excluding carboxylic acids is 1. The smallest absolute Gasteiger partial charge is 0.299 e. The number of benzene rings is 2. The van der Waals surface area contributed by atoms with Crippen LogP contribution in [0.4, 0.5) is 17.2 Å². The van der Waals surface area contributed by atoms with E-state index in [0.717, 1.165) is 46.8 Å². The van der Waals surface area contributed by atoms with E-state index in [9.17, 15) is 4.79 Å². The molecule has 0 aliphatic carbocycles. The number of nitrogens with one attached hydrogen (secondary N) is 1. The lowest BCUT2D eigenvalue weighted by molar-refractivity contribution is -0.126. The van der Waals surface area contributed by atoms with E-state index >= 15 is 0 Å². The van der Waals surface area contributed by atoms with Crippen molar-refractivity contribution in [2.24, 2.45) is 0 Å². The van der Waals surface area contributed by atoms with Crippen LogP contribution in [0.3, 0.4) is 0 Å². The monoisotopic (exact) mass is 450 g/mol. The van der Waals surface area contributed by atoms with Gasteiger partial charge < -0.3 is 16.0 Å². The number of hydrogen-bond donors (Lipinski definition) is 2. The Hall–Kier alpha value is -4.31. The Morgan fingerprint density at radius 2 is 1.91 bits per heavy atom. The summed E-state index contributed by atoms with van der Waals surface area (Å²) in [4.78, 5) is 23.7. The number of carbonyl (C=O) groups is 1. The average molecular weight is 451 g/mol. The Bertz CT molecular complexity index is 1380. The Morgan fingerprint density at radius 3 is 2.68 bits per heavy atom. The minimum Gasteiger partial charge on any atom is -0.382 e. The van der Waals surface area contributed by atoms with Crippen molar-refractivity contribution in [3.05, 3.63) is 84.1 Å². The molecule has 7 nitrogen and oxygen atoms in total. The molecule has 0 saturated carbocycles. The molecule has 1 amide bonds. The number of hydrogen-bond acceptors (Lipinski definition) is 5. The minimum atomic E-state index is -0.160. The first-order chi connectivity index (χ1) is 16.6. The van der Waals surface area contributed by atoms with E-state index in [1.54, 1.807) is 13.1 Å². The first kappa shape index (κ1) is 21.5. The van der Waals surface area contributed by atoms with Gasteiger partial charge in [-0.25, -0.2) is 9.97 Å². The fourth-order valence-corrected chi connectivity index (χ4v) is 4.56. The van der Waals surface area contributed by atoms with Crippen molar-refractivity contribution in [3.8, 4) is 11.8 Å². The number of likely N-dealkylation sites (tertiary alicyclic amines) is 1. The van der Waals surface area contributed by atoms with Crippen LogP contribution in [0, 0.1) is 11.8 Å². The highest BCUT2D eigenvalue weighted by Crippen LogP contribution is 2.34. The van der Waals surface area contributed by atoms with Crippen LogP contribution in [-0.4, -0.2) is 31.7 Å². The van der Waals surface area contributed by atoms with Crippen molar-refractivity contribution in [1.82, 2.24) is 19.3 Å². The van der Waals surface area contributed by atoms with Crippen molar-refractivity contribution in [2.45, 2.75) is 32.2 Å². The molecule has 34 heavy (non-hydrogen) atoms. The second-order valence-electron chi connectivity index (χ2n) is 8.34. The van der Waals surface area contributed by atoms with E-state index < -0.39 is 0 Å². The van der Waals surface area contributed by atoms with Crippen LogP contribution in [0.5, 0.6) is 0 Å². The van der Waals surface area contributed by atoms with Crippen molar-refractivity contribution >= 4 is 28.6 Å². The first-order valence-corrected chi connectivity index (χ1v) is 11.4. The Labute approximate surface area is 198 Å². The third-order valence-electron chi connectivity index (χ3n) is 6.11. The van der Waals surface area contributed by atoms with E-state index in [0.29, 0.717) is 18.8 Å². The van der Waals surface area contributed by atoms with E-state index in [4.69, 9.17) is 10.7 Å². The minimum absolute atomic E-state index is 0.131. The summed E-state index contributed by atoms with van der Waals surface area (Å²) >= 11 is 0. The maximum atomic E-state index is 12.6. The molecule has 5 rings (SSSR count). The fraction of sp³-hybridized carbons (Fsp3) is 0.222. The second kappa shape index (κ2) is 9.28. The Balaban J connectivity index is 1.45. The maximum absolute atomic E-state index is 12.6. The van der Waals surface area contributed by atoms with Gasteiger partial charge in [-0.2, -0.15) is 0 Å².